The molecule has 3 saturated heterocycles. The monoisotopic (exact) mass is 398 g/mol. The zero-order valence-electron chi connectivity index (χ0n) is 15.9. The maximum Gasteiger partial charge on any atom is 0.433 e. The molecule has 154 valence electrons. The minimum absolute atomic E-state index is 0.0704. The fourth-order valence-electron chi connectivity index (χ4n) is 3.69. The second-order valence-corrected chi connectivity index (χ2v) is 7.81. The van der Waals surface area contributed by atoms with Crippen LogP contribution in [0.15, 0.2) is 16.5 Å². The smallest absolute Gasteiger partial charge is 0.395 e. The molecule has 0 aromatic carbocycles. The number of fused-ring (bicyclic) bond motifs is 3. The van der Waals surface area contributed by atoms with E-state index in [4.69, 9.17) is 28.1 Å². The van der Waals surface area contributed by atoms with E-state index in [0.29, 0.717) is 0 Å². The lowest BCUT2D eigenvalue weighted by atomic mass is 9.99. The number of rotatable bonds is 4. The summed E-state index contributed by atoms with van der Waals surface area (Å²) < 4.78 is 34.6. The number of hydrogen-bond acceptors (Lipinski definition) is 9. The first kappa shape index (κ1) is 19.3. The van der Waals surface area contributed by atoms with Crippen molar-refractivity contribution in [3.63, 3.8) is 0 Å². The van der Waals surface area contributed by atoms with Crippen LogP contribution >= 0.6 is 0 Å². The van der Waals surface area contributed by atoms with Gasteiger partial charge in [-0.1, -0.05) is 0 Å². The molecule has 0 aliphatic carbocycles. The minimum Gasteiger partial charge on any atom is -0.395 e. The summed E-state index contributed by atoms with van der Waals surface area (Å²) in [5.41, 5.74) is 0. The van der Waals surface area contributed by atoms with Crippen LogP contribution in [0.4, 0.5) is 5.88 Å². The Morgan fingerprint density at radius 2 is 1.71 bits per heavy atom. The number of nitro groups is 1. The molecule has 1 amide bonds. The summed E-state index contributed by atoms with van der Waals surface area (Å²) in [6.07, 6.45) is -2.61. The third-order valence-corrected chi connectivity index (χ3v) is 4.71. The molecule has 1 aromatic heterocycles. The van der Waals surface area contributed by atoms with E-state index in [-0.39, 0.29) is 12.3 Å². The Morgan fingerprint density at radius 1 is 1.07 bits per heavy atom. The molecule has 0 saturated carbocycles. The van der Waals surface area contributed by atoms with Gasteiger partial charge in [-0.3, -0.25) is 14.9 Å². The van der Waals surface area contributed by atoms with Crippen LogP contribution in [-0.4, -0.2) is 59.7 Å². The molecule has 28 heavy (non-hydrogen) atoms. The average molecular weight is 398 g/mol. The maximum absolute atomic E-state index is 12.3. The highest BCUT2D eigenvalue weighted by molar-refractivity contribution is 5.91. The van der Waals surface area contributed by atoms with Gasteiger partial charge in [0.15, 0.2) is 23.6 Å². The highest BCUT2D eigenvalue weighted by Crippen LogP contribution is 2.43. The SMILES string of the molecule is CC1(C)O[C@@H]2O[C@H](CNC(=O)c3ccc([N+](=O)[O-])o3)[C@@H]3OC(C)(C)O[C@@H]3[C@@H]2O1. The number of furan rings is 1. The molecule has 0 unspecified atom stereocenters. The summed E-state index contributed by atoms with van der Waals surface area (Å²) >= 11 is 0. The van der Waals surface area contributed by atoms with Crippen LogP contribution in [0.1, 0.15) is 38.2 Å². The van der Waals surface area contributed by atoms with Crippen LogP contribution in [-0.2, 0) is 23.7 Å². The molecule has 5 atom stereocenters. The molecule has 0 spiro atoms. The van der Waals surface area contributed by atoms with Gasteiger partial charge >= 0.3 is 5.88 Å². The number of ether oxygens (including phenoxy) is 5. The van der Waals surface area contributed by atoms with Crippen molar-refractivity contribution in [3.05, 3.63) is 28.0 Å². The quantitative estimate of drug-likeness (QED) is 0.589. The lowest BCUT2D eigenvalue weighted by Crippen LogP contribution is -2.57. The molecule has 1 N–H and O–H groups in total. The molecular weight excluding hydrogens is 376 g/mol. The molecule has 3 aliphatic rings. The van der Waals surface area contributed by atoms with Crippen molar-refractivity contribution in [3.8, 4) is 0 Å². The number of nitrogens with one attached hydrogen (secondary N) is 1. The van der Waals surface area contributed by atoms with Gasteiger partial charge in [-0.2, -0.15) is 0 Å². The topological polar surface area (TPSA) is 132 Å². The van der Waals surface area contributed by atoms with Crippen molar-refractivity contribution in [2.75, 3.05) is 6.54 Å². The Hall–Kier alpha value is -2.05. The van der Waals surface area contributed by atoms with Gasteiger partial charge in [0.2, 0.25) is 0 Å². The molecule has 3 aliphatic heterocycles. The van der Waals surface area contributed by atoms with Gasteiger partial charge in [-0.05, 0) is 33.8 Å². The van der Waals surface area contributed by atoms with Gasteiger partial charge in [-0.15, -0.1) is 0 Å². The molecule has 0 radical (unpaired) electrons. The zero-order valence-corrected chi connectivity index (χ0v) is 15.9. The third-order valence-electron chi connectivity index (χ3n) is 4.71. The molecule has 1 aromatic rings. The molecule has 11 nitrogen and oxygen atoms in total. The number of amides is 1. The Labute approximate surface area is 160 Å². The largest absolute Gasteiger partial charge is 0.433 e. The summed E-state index contributed by atoms with van der Waals surface area (Å²) in [4.78, 5) is 22.2. The summed E-state index contributed by atoms with van der Waals surface area (Å²) in [5, 5.41) is 13.3. The Bertz CT molecular complexity index is 789. The first-order chi connectivity index (χ1) is 13.0. The minimum atomic E-state index is -0.840. The van der Waals surface area contributed by atoms with Gasteiger partial charge in [0.1, 0.15) is 29.3 Å². The molecular formula is C17H22N2O9. The Kier molecular flexibility index (Phi) is 4.47. The van der Waals surface area contributed by atoms with E-state index in [1.165, 1.54) is 6.07 Å². The van der Waals surface area contributed by atoms with Crippen LogP contribution in [0.25, 0.3) is 0 Å². The van der Waals surface area contributed by atoms with E-state index in [1.54, 1.807) is 27.7 Å². The number of carbonyl (C=O) groups is 1. The van der Waals surface area contributed by atoms with E-state index >= 15 is 0 Å². The molecule has 3 fully saturated rings. The summed E-state index contributed by atoms with van der Waals surface area (Å²) in [5.74, 6) is -2.94. The predicted octanol–water partition coefficient (Wildman–Crippen LogP) is 1.31. The number of nitrogens with zero attached hydrogens (tertiary/aromatic N) is 1. The van der Waals surface area contributed by atoms with Crippen molar-refractivity contribution in [2.24, 2.45) is 0 Å². The standard InChI is InChI=1S/C17H22N2O9/c1-16(2)25-11-9(7-18-14(20)8-5-6-10(23-8)19(21)22)24-15-13(12(11)26-16)27-17(3,4)28-15/h5-6,9,11-13,15H,7H2,1-4H3,(H,18,20)/t9-,11+,12+,13+,15+/m1/s1. The number of hydrogen-bond donors (Lipinski definition) is 1. The van der Waals surface area contributed by atoms with E-state index in [2.05, 4.69) is 5.32 Å². The van der Waals surface area contributed by atoms with E-state index in [1.807, 2.05) is 0 Å². The van der Waals surface area contributed by atoms with Crippen molar-refractivity contribution < 1.29 is 37.8 Å². The van der Waals surface area contributed by atoms with Crippen molar-refractivity contribution in [2.45, 2.75) is 70.0 Å². The van der Waals surface area contributed by atoms with Gasteiger partial charge in [0.25, 0.3) is 5.91 Å². The highest BCUT2D eigenvalue weighted by Gasteiger charge is 2.60. The predicted molar refractivity (Wildman–Crippen MR) is 90.2 cm³/mol. The van der Waals surface area contributed by atoms with Crippen LogP contribution in [0.3, 0.4) is 0 Å². The second kappa shape index (κ2) is 6.49. The lowest BCUT2D eigenvalue weighted by Gasteiger charge is -2.37. The Balaban J connectivity index is 1.46. The van der Waals surface area contributed by atoms with E-state index in [0.717, 1.165) is 6.07 Å². The van der Waals surface area contributed by atoms with Gasteiger partial charge in [-0.25, -0.2) is 0 Å². The summed E-state index contributed by atoms with van der Waals surface area (Å²) in [7, 11) is 0. The maximum atomic E-state index is 12.3. The fourth-order valence-corrected chi connectivity index (χ4v) is 3.69. The van der Waals surface area contributed by atoms with Crippen LogP contribution in [0.5, 0.6) is 0 Å². The van der Waals surface area contributed by atoms with Crippen molar-refractivity contribution >= 4 is 11.8 Å². The first-order valence-electron chi connectivity index (χ1n) is 8.94. The third kappa shape index (κ3) is 3.51. The van der Waals surface area contributed by atoms with Crippen molar-refractivity contribution in [1.82, 2.24) is 5.32 Å². The lowest BCUT2D eigenvalue weighted by molar-refractivity contribution is -0.402. The summed E-state index contributed by atoms with van der Waals surface area (Å²) in [6.45, 7) is 7.22. The van der Waals surface area contributed by atoms with E-state index < -0.39 is 59.0 Å². The fraction of sp³-hybridized carbons (Fsp3) is 0.706. The molecule has 11 heteroatoms. The van der Waals surface area contributed by atoms with Crippen LogP contribution in [0, 0.1) is 10.1 Å². The number of carbonyl (C=O) groups excluding carboxylic acids is 1. The Morgan fingerprint density at radius 3 is 2.39 bits per heavy atom. The zero-order chi connectivity index (χ0) is 20.3. The molecule has 4 rings (SSSR count). The molecule has 4 heterocycles. The normalized spacial score (nSPS) is 35.2. The second-order valence-electron chi connectivity index (χ2n) is 7.81. The van der Waals surface area contributed by atoms with Crippen LogP contribution < -0.4 is 5.32 Å². The first-order valence-corrected chi connectivity index (χ1v) is 8.94. The van der Waals surface area contributed by atoms with E-state index in [9.17, 15) is 14.9 Å². The average Bonchev–Trinajstić information content (AvgIpc) is 3.25. The highest BCUT2D eigenvalue weighted by atomic mass is 16.9. The van der Waals surface area contributed by atoms with Gasteiger partial charge in [0, 0.05) is 6.54 Å². The molecule has 0 bridgehead atoms. The van der Waals surface area contributed by atoms with Gasteiger partial charge < -0.3 is 33.4 Å². The van der Waals surface area contributed by atoms with Crippen molar-refractivity contribution in [1.29, 1.82) is 0 Å². The van der Waals surface area contributed by atoms with Gasteiger partial charge in [0.05, 0.1) is 6.07 Å². The summed E-state index contributed by atoms with van der Waals surface area (Å²) in [6, 6.07) is 2.36. The van der Waals surface area contributed by atoms with Crippen LogP contribution in [0.2, 0.25) is 0 Å².